The Morgan fingerprint density at radius 1 is 1.11 bits per heavy atom. The van der Waals surface area contributed by atoms with Gasteiger partial charge in [-0.15, -0.1) is 0 Å². The van der Waals surface area contributed by atoms with Gasteiger partial charge in [0.1, 0.15) is 12.0 Å². The zero-order chi connectivity index (χ0) is 19.1. The number of ether oxygens (including phenoxy) is 2. The molecule has 4 heterocycles. The molecule has 1 fully saturated rings. The number of benzene rings is 1. The Morgan fingerprint density at radius 3 is 2.71 bits per heavy atom. The number of aryl methyl sites for hydroxylation is 1. The van der Waals surface area contributed by atoms with Crippen LogP contribution in [0.2, 0.25) is 0 Å². The molecule has 2 aromatic heterocycles. The van der Waals surface area contributed by atoms with Crippen LogP contribution in [-0.2, 0) is 34.6 Å². The van der Waals surface area contributed by atoms with E-state index < -0.39 is 5.79 Å². The molecule has 6 nitrogen and oxygen atoms in total. The summed E-state index contributed by atoms with van der Waals surface area (Å²) in [6.07, 6.45) is 5.41. The van der Waals surface area contributed by atoms with Crippen molar-refractivity contribution in [1.29, 1.82) is 0 Å². The fourth-order valence-corrected chi connectivity index (χ4v) is 4.55. The minimum Gasteiger partial charge on any atom is -0.341 e. The Kier molecular flexibility index (Phi) is 4.42. The number of fused-ring (bicyclic) bond motifs is 3. The third-order valence-electron chi connectivity index (χ3n) is 6.01. The first-order chi connectivity index (χ1) is 13.7. The predicted molar refractivity (Wildman–Crippen MR) is 107 cm³/mol. The second kappa shape index (κ2) is 6.95. The highest BCUT2D eigenvalue weighted by molar-refractivity contribution is 5.86. The summed E-state index contributed by atoms with van der Waals surface area (Å²) in [7, 11) is 2.20. The van der Waals surface area contributed by atoms with E-state index in [0.29, 0.717) is 19.8 Å². The summed E-state index contributed by atoms with van der Waals surface area (Å²) in [6.45, 7) is 6.06. The number of rotatable bonds is 3. The van der Waals surface area contributed by atoms with Crippen LogP contribution in [-0.4, -0.2) is 52.8 Å². The molecular formula is C22H26N4O2. The maximum atomic E-state index is 6.17. The maximum absolute atomic E-state index is 6.17. The minimum atomic E-state index is -0.855. The van der Waals surface area contributed by atoms with Crippen LogP contribution >= 0.6 is 0 Å². The summed E-state index contributed by atoms with van der Waals surface area (Å²) in [4.78, 5) is 10.9. The van der Waals surface area contributed by atoms with E-state index in [4.69, 9.17) is 9.47 Å². The predicted octanol–water partition coefficient (Wildman–Crippen LogP) is 2.67. The van der Waals surface area contributed by atoms with Crippen molar-refractivity contribution in [2.45, 2.75) is 32.1 Å². The second-order valence-corrected chi connectivity index (χ2v) is 7.88. The van der Waals surface area contributed by atoms with Crippen LogP contribution < -0.4 is 0 Å². The number of hydrogen-bond donors (Lipinski definition) is 0. The van der Waals surface area contributed by atoms with E-state index in [1.54, 1.807) is 12.5 Å². The van der Waals surface area contributed by atoms with Crippen LogP contribution in [0.4, 0.5) is 0 Å². The zero-order valence-electron chi connectivity index (χ0n) is 16.5. The molecule has 6 heteroatoms. The first kappa shape index (κ1) is 17.8. The SMILES string of the molecule is Cc1ccc2c(c1)c1c(n2CC2(c3ccncn3)OCCO2)CCN(C)CC1. The van der Waals surface area contributed by atoms with E-state index in [1.807, 2.05) is 6.07 Å². The fourth-order valence-electron chi connectivity index (χ4n) is 4.55. The van der Waals surface area contributed by atoms with Gasteiger partial charge >= 0.3 is 0 Å². The van der Waals surface area contributed by atoms with Crippen molar-refractivity contribution in [1.82, 2.24) is 19.4 Å². The van der Waals surface area contributed by atoms with E-state index >= 15 is 0 Å². The van der Waals surface area contributed by atoms with Gasteiger partial charge in [0.05, 0.1) is 19.8 Å². The highest BCUT2D eigenvalue weighted by Crippen LogP contribution is 2.37. The van der Waals surface area contributed by atoms with Gasteiger partial charge in [-0.1, -0.05) is 11.6 Å². The van der Waals surface area contributed by atoms with Crippen molar-refractivity contribution in [3.8, 4) is 0 Å². The summed E-state index contributed by atoms with van der Waals surface area (Å²) in [5.41, 5.74) is 6.21. The lowest BCUT2D eigenvalue weighted by molar-refractivity contribution is -0.178. The fraction of sp³-hybridized carbons (Fsp3) is 0.455. The van der Waals surface area contributed by atoms with Crippen molar-refractivity contribution in [3.05, 3.63) is 59.3 Å². The lowest BCUT2D eigenvalue weighted by Gasteiger charge is -2.28. The van der Waals surface area contributed by atoms with E-state index in [0.717, 1.165) is 31.6 Å². The molecule has 0 aliphatic carbocycles. The third kappa shape index (κ3) is 2.92. The molecule has 0 spiro atoms. The Hall–Kier alpha value is -2.28. The Labute approximate surface area is 165 Å². The van der Waals surface area contributed by atoms with Crippen molar-refractivity contribution >= 4 is 10.9 Å². The molecule has 0 amide bonds. The summed E-state index contributed by atoms with van der Waals surface area (Å²) >= 11 is 0. The number of hydrogen-bond acceptors (Lipinski definition) is 5. The van der Waals surface area contributed by atoms with Gasteiger partial charge in [-0.2, -0.15) is 0 Å². The van der Waals surface area contributed by atoms with Crippen molar-refractivity contribution in [2.75, 3.05) is 33.4 Å². The van der Waals surface area contributed by atoms with Crippen LogP contribution in [0.25, 0.3) is 10.9 Å². The molecule has 5 rings (SSSR count). The average Bonchev–Trinajstić information content (AvgIpc) is 3.23. The van der Waals surface area contributed by atoms with Gasteiger partial charge in [0.25, 0.3) is 0 Å². The topological polar surface area (TPSA) is 52.4 Å². The number of likely N-dealkylation sites (N-methyl/N-ethyl adjacent to an activating group) is 1. The molecule has 146 valence electrons. The van der Waals surface area contributed by atoms with E-state index in [9.17, 15) is 0 Å². The van der Waals surface area contributed by atoms with Gasteiger partial charge < -0.3 is 18.9 Å². The lowest BCUT2D eigenvalue weighted by atomic mass is 10.1. The highest BCUT2D eigenvalue weighted by atomic mass is 16.7. The van der Waals surface area contributed by atoms with Gasteiger partial charge in [-0.3, -0.25) is 0 Å². The smallest absolute Gasteiger partial charge is 0.231 e. The summed E-state index contributed by atoms with van der Waals surface area (Å²) in [5.74, 6) is -0.855. The lowest BCUT2D eigenvalue weighted by Crippen LogP contribution is -2.34. The van der Waals surface area contributed by atoms with Crippen LogP contribution in [0, 0.1) is 6.92 Å². The van der Waals surface area contributed by atoms with Crippen LogP contribution in [0.3, 0.4) is 0 Å². The minimum absolute atomic E-state index is 0.577. The molecule has 0 bridgehead atoms. The molecule has 3 aromatic rings. The van der Waals surface area contributed by atoms with Gasteiger partial charge in [0.2, 0.25) is 5.79 Å². The third-order valence-corrected chi connectivity index (χ3v) is 6.01. The maximum Gasteiger partial charge on any atom is 0.231 e. The zero-order valence-corrected chi connectivity index (χ0v) is 16.5. The van der Waals surface area contributed by atoms with E-state index in [2.05, 4.69) is 51.6 Å². The van der Waals surface area contributed by atoms with Crippen LogP contribution in [0.1, 0.15) is 22.5 Å². The van der Waals surface area contributed by atoms with Gasteiger partial charge in [0, 0.05) is 42.3 Å². The number of nitrogens with zero attached hydrogens (tertiary/aromatic N) is 4. The average molecular weight is 378 g/mol. The standard InChI is InChI=1S/C22H26N4O2/c1-16-3-4-19-18(13-16)17-6-9-25(2)10-7-20(17)26(19)14-22(27-11-12-28-22)21-5-8-23-15-24-21/h3-5,8,13,15H,6-7,9-12,14H2,1-2H3. The molecule has 0 atom stereocenters. The van der Waals surface area contributed by atoms with Crippen molar-refractivity contribution in [2.24, 2.45) is 0 Å². The van der Waals surface area contributed by atoms with E-state index in [1.165, 1.54) is 27.7 Å². The molecule has 2 aliphatic rings. The van der Waals surface area contributed by atoms with Crippen LogP contribution in [0.5, 0.6) is 0 Å². The molecule has 1 saturated heterocycles. The van der Waals surface area contributed by atoms with Crippen molar-refractivity contribution < 1.29 is 9.47 Å². The molecule has 0 radical (unpaired) electrons. The monoisotopic (exact) mass is 378 g/mol. The van der Waals surface area contributed by atoms with Gasteiger partial charge in [-0.25, -0.2) is 9.97 Å². The summed E-state index contributed by atoms with van der Waals surface area (Å²) in [6, 6.07) is 8.65. The van der Waals surface area contributed by atoms with Gasteiger partial charge in [0.15, 0.2) is 0 Å². The molecule has 0 unspecified atom stereocenters. The Balaban J connectivity index is 1.66. The quantitative estimate of drug-likeness (QED) is 0.701. The normalized spacial score (nSPS) is 19.6. The highest BCUT2D eigenvalue weighted by Gasteiger charge is 2.41. The number of aromatic nitrogens is 3. The largest absolute Gasteiger partial charge is 0.341 e. The van der Waals surface area contributed by atoms with Crippen molar-refractivity contribution in [3.63, 3.8) is 0 Å². The van der Waals surface area contributed by atoms with E-state index in [-0.39, 0.29) is 0 Å². The first-order valence-corrected chi connectivity index (χ1v) is 10.00. The first-order valence-electron chi connectivity index (χ1n) is 10.00. The van der Waals surface area contributed by atoms with Gasteiger partial charge in [-0.05, 0) is 44.2 Å². The Morgan fingerprint density at radius 2 is 1.93 bits per heavy atom. The molecule has 2 aliphatic heterocycles. The molecule has 1 aromatic carbocycles. The molecule has 0 saturated carbocycles. The van der Waals surface area contributed by atoms with Crippen LogP contribution in [0.15, 0.2) is 36.8 Å². The summed E-state index contributed by atoms with van der Waals surface area (Å²) in [5, 5.41) is 1.36. The molecule has 0 N–H and O–H groups in total. The Bertz CT molecular complexity index is 993. The molecule has 28 heavy (non-hydrogen) atoms. The summed E-state index contributed by atoms with van der Waals surface area (Å²) < 4.78 is 14.8. The molecular weight excluding hydrogens is 352 g/mol. The second-order valence-electron chi connectivity index (χ2n) is 7.88.